The summed E-state index contributed by atoms with van der Waals surface area (Å²) < 4.78 is 24.9. The first-order valence-electron chi connectivity index (χ1n) is 8.92. The average Bonchev–Trinajstić information content (AvgIpc) is 2.66. The third kappa shape index (κ3) is 4.82. The van der Waals surface area contributed by atoms with Crippen molar-refractivity contribution in [3.05, 3.63) is 18.6 Å². The van der Waals surface area contributed by atoms with Crippen LogP contribution in [0.15, 0.2) is 18.6 Å². The summed E-state index contributed by atoms with van der Waals surface area (Å²) in [6.07, 6.45) is 8.05. The van der Waals surface area contributed by atoms with Crippen LogP contribution in [0.1, 0.15) is 12.8 Å². The number of hydrogen-bond donors (Lipinski definition) is 1. The van der Waals surface area contributed by atoms with Gasteiger partial charge in [-0.2, -0.15) is 0 Å². The molecule has 1 unspecified atom stereocenters. The zero-order valence-corrected chi connectivity index (χ0v) is 15.9. The van der Waals surface area contributed by atoms with Gasteiger partial charge in [0.1, 0.15) is 5.82 Å². The Labute approximate surface area is 154 Å². The highest BCUT2D eigenvalue weighted by molar-refractivity contribution is 7.88. The van der Waals surface area contributed by atoms with Crippen LogP contribution in [0.25, 0.3) is 0 Å². The Balaban J connectivity index is 1.43. The van der Waals surface area contributed by atoms with Crippen molar-refractivity contribution in [3.63, 3.8) is 0 Å². The molecule has 1 atom stereocenters. The molecule has 1 aromatic rings. The largest absolute Gasteiger partial charge is 0.352 e. The summed E-state index contributed by atoms with van der Waals surface area (Å²) in [6, 6.07) is -0.0831. The number of urea groups is 1. The van der Waals surface area contributed by atoms with Gasteiger partial charge in [-0.3, -0.25) is 4.98 Å². The van der Waals surface area contributed by atoms with E-state index < -0.39 is 10.0 Å². The molecular formula is C16H26N6O3S. The number of nitrogens with one attached hydrogen (secondary N) is 1. The van der Waals surface area contributed by atoms with E-state index in [-0.39, 0.29) is 11.9 Å². The van der Waals surface area contributed by atoms with E-state index in [4.69, 9.17) is 0 Å². The van der Waals surface area contributed by atoms with Gasteiger partial charge in [0, 0.05) is 58.2 Å². The molecule has 9 nitrogen and oxygen atoms in total. The van der Waals surface area contributed by atoms with Crippen LogP contribution >= 0.6 is 0 Å². The maximum Gasteiger partial charge on any atom is 0.317 e. The Bertz CT molecular complexity index is 706. The lowest BCUT2D eigenvalue weighted by Crippen LogP contribution is -2.53. The second kappa shape index (κ2) is 8.17. The van der Waals surface area contributed by atoms with E-state index in [2.05, 4.69) is 20.2 Å². The van der Waals surface area contributed by atoms with Crippen LogP contribution in [0.4, 0.5) is 10.6 Å². The number of sulfonamides is 1. The summed E-state index contributed by atoms with van der Waals surface area (Å²) in [5, 5.41) is 2.97. The van der Waals surface area contributed by atoms with Crippen molar-refractivity contribution >= 4 is 21.9 Å². The highest BCUT2D eigenvalue weighted by atomic mass is 32.2. The Hall–Kier alpha value is -1.94. The first kappa shape index (κ1) is 18.8. The normalized spacial score (nSPS) is 22.3. The van der Waals surface area contributed by atoms with Crippen LogP contribution in [-0.2, 0) is 10.0 Å². The van der Waals surface area contributed by atoms with E-state index in [1.807, 2.05) is 0 Å². The fourth-order valence-corrected chi connectivity index (χ4v) is 4.37. The predicted molar refractivity (Wildman–Crippen MR) is 98.4 cm³/mol. The van der Waals surface area contributed by atoms with Crippen molar-refractivity contribution in [2.45, 2.75) is 12.8 Å². The molecule has 0 spiro atoms. The lowest BCUT2D eigenvalue weighted by molar-refractivity contribution is 0.188. The van der Waals surface area contributed by atoms with Crippen molar-refractivity contribution < 1.29 is 13.2 Å². The molecule has 0 saturated carbocycles. The molecular weight excluding hydrogens is 356 g/mol. The van der Waals surface area contributed by atoms with E-state index in [0.29, 0.717) is 32.7 Å². The topological polar surface area (TPSA) is 98.7 Å². The van der Waals surface area contributed by atoms with Gasteiger partial charge in [-0.15, -0.1) is 0 Å². The summed E-state index contributed by atoms with van der Waals surface area (Å²) in [4.78, 5) is 24.7. The molecule has 0 aliphatic carbocycles. The third-order valence-corrected chi connectivity index (χ3v) is 6.20. The summed E-state index contributed by atoms with van der Waals surface area (Å²) >= 11 is 0. The highest BCUT2D eigenvalue weighted by Gasteiger charge is 2.27. The minimum absolute atomic E-state index is 0.0831. The lowest BCUT2D eigenvalue weighted by Gasteiger charge is -2.36. The van der Waals surface area contributed by atoms with E-state index >= 15 is 0 Å². The summed E-state index contributed by atoms with van der Waals surface area (Å²) in [5.41, 5.74) is 0. The van der Waals surface area contributed by atoms with Gasteiger partial charge in [-0.25, -0.2) is 22.5 Å². The number of anilines is 1. The molecule has 10 heteroatoms. The van der Waals surface area contributed by atoms with Crippen LogP contribution in [0, 0.1) is 5.92 Å². The minimum atomic E-state index is -3.16. The van der Waals surface area contributed by atoms with Crippen LogP contribution in [0.5, 0.6) is 0 Å². The predicted octanol–water partition coefficient (Wildman–Crippen LogP) is -0.0202. The molecule has 2 fully saturated rings. The van der Waals surface area contributed by atoms with Crippen molar-refractivity contribution in [3.8, 4) is 0 Å². The zero-order valence-electron chi connectivity index (χ0n) is 15.0. The second-order valence-electron chi connectivity index (χ2n) is 6.85. The minimum Gasteiger partial charge on any atom is -0.352 e. The number of rotatable bonds is 4. The number of carbonyl (C=O) groups is 1. The van der Waals surface area contributed by atoms with Gasteiger partial charge in [0.25, 0.3) is 0 Å². The molecule has 2 aliphatic rings. The lowest BCUT2D eigenvalue weighted by atomic mass is 10.00. The average molecular weight is 382 g/mol. The summed E-state index contributed by atoms with van der Waals surface area (Å²) in [7, 11) is -3.16. The van der Waals surface area contributed by atoms with Crippen LogP contribution in [0.3, 0.4) is 0 Å². The molecule has 144 valence electrons. The zero-order chi connectivity index (χ0) is 18.6. The van der Waals surface area contributed by atoms with E-state index in [9.17, 15) is 13.2 Å². The van der Waals surface area contributed by atoms with Crippen molar-refractivity contribution in [1.82, 2.24) is 24.5 Å². The van der Waals surface area contributed by atoms with Gasteiger partial charge < -0.3 is 15.1 Å². The number of nitrogens with zero attached hydrogens (tertiary/aromatic N) is 5. The molecule has 0 aromatic carbocycles. The van der Waals surface area contributed by atoms with Gasteiger partial charge in [0.05, 0.1) is 12.5 Å². The first-order chi connectivity index (χ1) is 12.4. The van der Waals surface area contributed by atoms with E-state index in [1.54, 1.807) is 23.5 Å². The fourth-order valence-electron chi connectivity index (χ4n) is 3.43. The standard InChI is InChI=1S/C16H26N6O3S/c1-26(24,25)22-6-2-3-14(13-22)11-19-16(23)21-9-7-20(8-10-21)15-12-17-4-5-18-15/h4-5,12,14H,2-3,6-11,13H2,1H3,(H,19,23). The Morgan fingerprint density at radius 1 is 1.23 bits per heavy atom. The van der Waals surface area contributed by atoms with Crippen LogP contribution in [0.2, 0.25) is 0 Å². The molecule has 26 heavy (non-hydrogen) atoms. The highest BCUT2D eigenvalue weighted by Crippen LogP contribution is 2.18. The van der Waals surface area contributed by atoms with Crippen LogP contribution in [-0.4, -0.2) is 85.7 Å². The van der Waals surface area contributed by atoms with Gasteiger partial charge in [-0.1, -0.05) is 0 Å². The number of amides is 2. The van der Waals surface area contributed by atoms with E-state index in [0.717, 1.165) is 31.7 Å². The first-order valence-corrected chi connectivity index (χ1v) is 10.8. The molecule has 0 radical (unpaired) electrons. The maximum absolute atomic E-state index is 12.4. The summed E-state index contributed by atoms with van der Waals surface area (Å²) in [6.45, 7) is 4.27. The molecule has 3 heterocycles. The number of carbonyl (C=O) groups excluding carboxylic acids is 1. The number of aromatic nitrogens is 2. The number of piperazine rings is 1. The van der Waals surface area contributed by atoms with Gasteiger partial charge in [0.2, 0.25) is 10.0 Å². The Kier molecular flexibility index (Phi) is 5.92. The van der Waals surface area contributed by atoms with Gasteiger partial charge in [-0.05, 0) is 18.8 Å². The van der Waals surface area contributed by atoms with Crippen LogP contribution < -0.4 is 10.2 Å². The molecule has 1 N–H and O–H groups in total. The monoisotopic (exact) mass is 382 g/mol. The molecule has 0 bridgehead atoms. The third-order valence-electron chi connectivity index (χ3n) is 4.93. The van der Waals surface area contributed by atoms with E-state index in [1.165, 1.54) is 10.6 Å². The quantitative estimate of drug-likeness (QED) is 0.786. The molecule has 2 amide bonds. The van der Waals surface area contributed by atoms with Crippen molar-refractivity contribution in [1.29, 1.82) is 0 Å². The molecule has 2 aliphatic heterocycles. The van der Waals surface area contributed by atoms with Crippen molar-refractivity contribution in [2.75, 3.05) is 57.0 Å². The maximum atomic E-state index is 12.4. The Morgan fingerprint density at radius 3 is 2.65 bits per heavy atom. The number of hydrogen-bond acceptors (Lipinski definition) is 6. The molecule has 1 aromatic heterocycles. The summed E-state index contributed by atoms with van der Waals surface area (Å²) in [5.74, 6) is 0.999. The van der Waals surface area contributed by atoms with Gasteiger partial charge in [0.15, 0.2) is 0 Å². The smallest absolute Gasteiger partial charge is 0.317 e. The SMILES string of the molecule is CS(=O)(=O)N1CCCC(CNC(=O)N2CCN(c3cnccn3)CC2)C1. The second-order valence-corrected chi connectivity index (χ2v) is 8.84. The molecule has 2 saturated heterocycles. The number of piperidine rings is 1. The molecule has 3 rings (SSSR count). The van der Waals surface area contributed by atoms with Crippen molar-refractivity contribution in [2.24, 2.45) is 5.92 Å². The Morgan fingerprint density at radius 2 is 2.00 bits per heavy atom. The fraction of sp³-hybridized carbons (Fsp3) is 0.688. The van der Waals surface area contributed by atoms with Gasteiger partial charge >= 0.3 is 6.03 Å².